The van der Waals surface area contributed by atoms with E-state index in [1.807, 2.05) is 0 Å². The third-order valence-electron chi connectivity index (χ3n) is 3.37. The summed E-state index contributed by atoms with van der Waals surface area (Å²) in [4.78, 5) is 0.649. The van der Waals surface area contributed by atoms with Gasteiger partial charge in [-0.3, -0.25) is 0 Å². The molecule has 0 spiro atoms. The van der Waals surface area contributed by atoms with Crippen molar-refractivity contribution in [3.63, 3.8) is 0 Å². The smallest absolute Gasteiger partial charge is 0.0177 e. The fourth-order valence-electron chi connectivity index (χ4n) is 2.10. The Hall–Kier alpha value is -0.300. The normalized spacial score (nSPS) is 20.5. The molecule has 0 aliphatic heterocycles. The van der Waals surface area contributed by atoms with Gasteiger partial charge in [0.25, 0.3) is 0 Å². The van der Waals surface area contributed by atoms with Gasteiger partial charge in [-0.1, -0.05) is 52.7 Å². The van der Waals surface area contributed by atoms with Crippen LogP contribution in [-0.4, -0.2) is 4.83 Å². The molecule has 1 saturated carbocycles. The fourth-order valence-corrected chi connectivity index (χ4v) is 2.72. The van der Waals surface area contributed by atoms with Crippen molar-refractivity contribution in [2.75, 3.05) is 0 Å². The summed E-state index contributed by atoms with van der Waals surface area (Å²) in [6.07, 6.45) is 4.00. The Balaban J connectivity index is 2.11. The summed E-state index contributed by atoms with van der Waals surface area (Å²) in [5, 5.41) is 0. The summed E-state index contributed by atoms with van der Waals surface area (Å²) in [5.74, 6) is 0. The van der Waals surface area contributed by atoms with Crippen molar-refractivity contribution >= 4 is 15.9 Å². The molecular weight excluding hydrogens is 236 g/mol. The van der Waals surface area contributed by atoms with E-state index in [4.69, 9.17) is 0 Å². The molecule has 0 radical (unpaired) electrons. The van der Waals surface area contributed by atoms with Crippen LogP contribution < -0.4 is 0 Å². The van der Waals surface area contributed by atoms with Crippen LogP contribution in [0, 0.1) is 12.3 Å². The van der Waals surface area contributed by atoms with Gasteiger partial charge >= 0.3 is 0 Å². The first-order valence-corrected chi connectivity index (χ1v) is 6.24. The van der Waals surface area contributed by atoms with Crippen molar-refractivity contribution in [2.45, 2.75) is 37.9 Å². The van der Waals surface area contributed by atoms with E-state index in [1.165, 1.54) is 30.4 Å². The summed E-state index contributed by atoms with van der Waals surface area (Å²) >= 11 is 3.73. The summed E-state index contributed by atoms with van der Waals surface area (Å²) in [5.41, 5.74) is 3.43. The van der Waals surface area contributed by atoms with Crippen LogP contribution in [0.4, 0.5) is 0 Å². The summed E-state index contributed by atoms with van der Waals surface area (Å²) in [6.45, 7) is 4.45. The monoisotopic (exact) mass is 252 g/mol. The molecule has 0 aromatic heterocycles. The van der Waals surface area contributed by atoms with Crippen LogP contribution in [-0.2, 0) is 6.42 Å². The molecule has 0 bridgehead atoms. The molecule has 1 fully saturated rings. The van der Waals surface area contributed by atoms with Crippen molar-refractivity contribution in [3.05, 3.63) is 35.4 Å². The molecule has 0 nitrogen and oxygen atoms in total. The first kappa shape index (κ1) is 10.2. The average Bonchev–Trinajstić information content (AvgIpc) is 2.85. The lowest BCUT2D eigenvalue weighted by Crippen LogP contribution is -2.15. The lowest BCUT2D eigenvalue weighted by atomic mass is 9.93. The molecule has 1 unspecified atom stereocenters. The van der Waals surface area contributed by atoms with Crippen LogP contribution in [0.1, 0.15) is 30.9 Å². The Labute approximate surface area is 94.8 Å². The third kappa shape index (κ3) is 2.03. The van der Waals surface area contributed by atoms with Crippen molar-refractivity contribution < 1.29 is 0 Å². The van der Waals surface area contributed by atoms with Crippen LogP contribution >= 0.6 is 15.9 Å². The quantitative estimate of drug-likeness (QED) is 0.711. The maximum absolute atomic E-state index is 3.73. The van der Waals surface area contributed by atoms with Crippen LogP contribution in [0.2, 0.25) is 0 Å². The number of aryl methyl sites for hydroxylation is 1. The highest BCUT2D eigenvalue weighted by atomic mass is 79.9. The lowest BCUT2D eigenvalue weighted by molar-refractivity contribution is 0.509. The minimum Gasteiger partial charge on any atom is -0.0888 e. The Bertz CT molecular complexity index is 324. The molecule has 2 rings (SSSR count). The fraction of sp³-hybridized carbons (Fsp3) is 0.538. The van der Waals surface area contributed by atoms with Gasteiger partial charge in [0.15, 0.2) is 0 Å². The number of alkyl halides is 1. The molecule has 1 aliphatic carbocycles. The van der Waals surface area contributed by atoms with Crippen LogP contribution in [0.25, 0.3) is 0 Å². The van der Waals surface area contributed by atoms with Crippen molar-refractivity contribution in [1.29, 1.82) is 0 Å². The maximum Gasteiger partial charge on any atom is 0.0177 e. The first-order valence-electron chi connectivity index (χ1n) is 5.32. The van der Waals surface area contributed by atoms with Crippen LogP contribution in [0.15, 0.2) is 24.3 Å². The van der Waals surface area contributed by atoms with Gasteiger partial charge in [0, 0.05) is 4.83 Å². The van der Waals surface area contributed by atoms with Gasteiger partial charge in [0.2, 0.25) is 0 Å². The molecule has 1 heteroatoms. The van der Waals surface area contributed by atoms with E-state index in [-0.39, 0.29) is 0 Å². The predicted molar refractivity (Wildman–Crippen MR) is 64.9 cm³/mol. The van der Waals surface area contributed by atoms with Crippen LogP contribution in [0.3, 0.4) is 0 Å². The minimum absolute atomic E-state index is 0.563. The zero-order chi connectivity index (χ0) is 10.2. The first-order chi connectivity index (χ1) is 6.62. The highest BCUT2D eigenvalue weighted by molar-refractivity contribution is 9.09. The molecule has 1 aromatic carbocycles. The van der Waals surface area contributed by atoms with E-state index < -0.39 is 0 Å². The van der Waals surface area contributed by atoms with E-state index >= 15 is 0 Å². The third-order valence-corrected chi connectivity index (χ3v) is 4.35. The number of hydrogen-bond acceptors (Lipinski definition) is 0. The second kappa shape index (κ2) is 3.69. The van der Waals surface area contributed by atoms with E-state index in [9.17, 15) is 0 Å². The summed E-state index contributed by atoms with van der Waals surface area (Å²) in [7, 11) is 0. The van der Waals surface area contributed by atoms with Gasteiger partial charge < -0.3 is 0 Å². The Morgan fingerprint density at radius 2 is 2.14 bits per heavy atom. The second-order valence-electron chi connectivity index (χ2n) is 4.64. The largest absolute Gasteiger partial charge is 0.0888 e. The highest BCUT2D eigenvalue weighted by Crippen LogP contribution is 2.53. The number of halogens is 1. The number of rotatable bonds is 3. The molecule has 1 atom stereocenters. The number of benzene rings is 1. The second-order valence-corrected chi connectivity index (χ2v) is 6.02. The van der Waals surface area contributed by atoms with Gasteiger partial charge in [0.05, 0.1) is 0 Å². The molecular formula is C13H17Br. The molecule has 1 aliphatic rings. The van der Waals surface area contributed by atoms with Gasteiger partial charge in [-0.05, 0) is 37.2 Å². The zero-order valence-electron chi connectivity index (χ0n) is 8.89. The van der Waals surface area contributed by atoms with Gasteiger partial charge in [0.1, 0.15) is 0 Å². The lowest BCUT2D eigenvalue weighted by Gasteiger charge is -2.18. The minimum atomic E-state index is 0.563. The van der Waals surface area contributed by atoms with Gasteiger partial charge in [-0.25, -0.2) is 0 Å². The van der Waals surface area contributed by atoms with Crippen molar-refractivity contribution in [2.24, 2.45) is 5.41 Å². The topological polar surface area (TPSA) is 0 Å². The van der Waals surface area contributed by atoms with E-state index in [0.717, 1.165) is 0 Å². The summed E-state index contributed by atoms with van der Waals surface area (Å²) in [6, 6.07) is 8.90. The Kier molecular flexibility index (Phi) is 2.70. The predicted octanol–water partition coefficient (Wildman–Crippen LogP) is 4.10. The summed E-state index contributed by atoms with van der Waals surface area (Å²) < 4.78 is 0. The molecule has 0 amide bonds. The molecule has 1 aromatic rings. The molecule has 0 N–H and O–H groups in total. The van der Waals surface area contributed by atoms with E-state index in [0.29, 0.717) is 10.2 Å². The van der Waals surface area contributed by atoms with E-state index in [2.05, 4.69) is 54.0 Å². The number of hydrogen-bond donors (Lipinski definition) is 0. The molecule has 0 heterocycles. The Morgan fingerprint density at radius 3 is 2.64 bits per heavy atom. The highest BCUT2D eigenvalue weighted by Gasteiger charge is 2.45. The van der Waals surface area contributed by atoms with Crippen molar-refractivity contribution in [3.8, 4) is 0 Å². The van der Waals surface area contributed by atoms with Gasteiger partial charge in [-0.15, -0.1) is 0 Å². The standard InChI is InChI=1S/C13H17Br/c1-10-4-3-5-12(8-10)9-13(6-7-13)11(2)14/h3-5,8,11H,6-7,9H2,1-2H3. The molecule has 0 saturated heterocycles. The van der Waals surface area contributed by atoms with Crippen LogP contribution in [0.5, 0.6) is 0 Å². The molecule has 76 valence electrons. The zero-order valence-corrected chi connectivity index (χ0v) is 10.5. The van der Waals surface area contributed by atoms with E-state index in [1.54, 1.807) is 0 Å². The Morgan fingerprint density at radius 1 is 1.43 bits per heavy atom. The SMILES string of the molecule is Cc1cccc(CC2(C(C)Br)CC2)c1. The van der Waals surface area contributed by atoms with Crippen molar-refractivity contribution in [1.82, 2.24) is 0 Å². The molecule has 14 heavy (non-hydrogen) atoms. The average molecular weight is 253 g/mol. The van der Waals surface area contributed by atoms with Gasteiger partial charge in [-0.2, -0.15) is 0 Å². The maximum atomic E-state index is 3.73.